The molecule has 144 valence electrons. The van der Waals surface area contributed by atoms with E-state index in [1.165, 1.54) is 83.5 Å². The van der Waals surface area contributed by atoms with Gasteiger partial charge in [0.2, 0.25) is 0 Å². The van der Waals surface area contributed by atoms with Crippen molar-refractivity contribution >= 4 is 11.9 Å². The summed E-state index contributed by atoms with van der Waals surface area (Å²) in [6.07, 6.45) is 19.9. The van der Waals surface area contributed by atoms with Crippen LogP contribution in [-0.2, 0) is 9.59 Å². The number of aliphatic carboxylic acids is 2. The molecule has 0 rings (SSSR count). The first-order chi connectivity index (χ1) is 11.5. The SMILES string of the molecule is CC(=O)O.CCCCCCCCCCCCCCCCCC(=O)[O-].[K+]. The molecule has 1 N–H and O–H groups in total. The summed E-state index contributed by atoms with van der Waals surface area (Å²) >= 11 is 0. The smallest absolute Gasteiger partial charge is 0.550 e. The van der Waals surface area contributed by atoms with E-state index in [1.54, 1.807) is 0 Å². The minimum absolute atomic E-state index is 0. The fourth-order valence-electron chi connectivity index (χ4n) is 2.64. The topological polar surface area (TPSA) is 77.4 Å². The molecule has 0 radical (unpaired) electrons. The van der Waals surface area contributed by atoms with Crippen LogP contribution in [0, 0.1) is 0 Å². The minimum Gasteiger partial charge on any atom is -0.550 e. The van der Waals surface area contributed by atoms with Crippen molar-refractivity contribution in [3.05, 3.63) is 0 Å². The van der Waals surface area contributed by atoms with Gasteiger partial charge in [-0.25, -0.2) is 0 Å². The molecule has 0 saturated carbocycles. The third-order valence-corrected chi connectivity index (χ3v) is 3.98. The minimum atomic E-state index is -0.903. The van der Waals surface area contributed by atoms with E-state index in [-0.39, 0.29) is 57.8 Å². The Balaban J connectivity index is -0.000000867. The molecule has 0 aromatic heterocycles. The van der Waals surface area contributed by atoms with E-state index < -0.39 is 11.9 Å². The van der Waals surface area contributed by atoms with Crippen molar-refractivity contribution < 1.29 is 71.2 Å². The van der Waals surface area contributed by atoms with Crippen LogP contribution in [0.2, 0.25) is 0 Å². The molecule has 0 unspecified atom stereocenters. The normalized spacial score (nSPS) is 9.68. The molecule has 0 aliphatic carbocycles. The Kier molecular flexibility index (Phi) is 32.5. The number of carboxylic acid groups (broad SMARTS) is 2. The second-order valence-electron chi connectivity index (χ2n) is 6.59. The van der Waals surface area contributed by atoms with E-state index in [1.807, 2.05) is 0 Å². The van der Waals surface area contributed by atoms with Gasteiger partial charge in [-0.15, -0.1) is 0 Å². The zero-order valence-corrected chi connectivity index (χ0v) is 20.1. The summed E-state index contributed by atoms with van der Waals surface area (Å²) in [4.78, 5) is 19.2. The van der Waals surface area contributed by atoms with Gasteiger partial charge in [0.15, 0.2) is 0 Å². The molecule has 0 aliphatic rings. The van der Waals surface area contributed by atoms with Crippen molar-refractivity contribution in [3.8, 4) is 0 Å². The molecule has 0 aromatic rings. The molecule has 0 saturated heterocycles. The fourth-order valence-corrected chi connectivity index (χ4v) is 2.64. The van der Waals surface area contributed by atoms with E-state index in [0.29, 0.717) is 0 Å². The Morgan fingerprint density at radius 3 is 1.16 bits per heavy atom. The van der Waals surface area contributed by atoms with E-state index in [0.717, 1.165) is 19.8 Å². The molecule has 0 fully saturated rings. The fraction of sp³-hybridized carbons (Fsp3) is 0.900. The average molecular weight is 383 g/mol. The summed E-state index contributed by atoms with van der Waals surface area (Å²) in [6.45, 7) is 3.35. The molecule has 0 bridgehead atoms. The second kappa shape index (κ2) is 26.8. The zero-order chi connectivity index (χ0) is 18.5. The quantitative estimate of drug-likeness (QED) is 0.327. The molecular weight excluding hydrogens is 343 g/mol. The number of carbonyl (C=O) groups is 2. The summed E-state index contributed by atoms with van der Waals surface area (Å²) in [5.74, 6) is -1.74. The Morgan fingerprint density at radius 1 is 0.680 bits per heavy atom. The van der Waals surface area contributed by atoms with Gasteiger partial charge in [0.05, 0.1) is 0 Å². The molecule has 0 aromatic carbocycles. The maximum atomic E-state index is 10.2. The van der Waals surface area contributed by atoms with Gasteiger partial charge in [-0.05, 0) is 12.8 Å². The van der Waals surface area contributed by atoms with Crippen molar-refractivity contribution in [1.29, 1.82) is 0 Å². The van der Waals surface area contributed by atoms with Crippen LogP contribution in [0.5, 0.6) is 0 Å². The van der Waals surface area contributed by atoms with Gasteiger partial charge in [-0.1, -0.05) is 96.8 Å². The Labute approximate surface area is 198 Å². The van der Waals surface area contributed by atoms with Crippen LogP contribution in [0.15, 0.2) is 0 Å². The summed E-state index contributed by atoms with van der Waals surface area (Å²) in [7, 11) is 0. The van der Waals surface area contributed by atoms with Crippen LogP contribution in [0.1, 0.15) is 117 Å². The van der Waals surface area contributed by atoms with Crippen LogP contribution in [0.4, 0.5) is 0 Å². The first-order valence-electron chi connectivity index (χ1n) is 9.90. The van der Waals surface area contributed by atoms with Crippen LogP contribution in [0.3, 0.4) is 0 Å². The Hall–Kier alpha value is 0.576. The molecule has 5 heteroatoms. The van der Waals surface area contributed by atoms with Gasteiger partial charge in [0, 0.05) is 12.9 Å². The number of rotatable bonds is 16. The van der Waals surface area contributed by atoms with Crippen molar-refractivity contribution in [1.82, 2.24) is 0 Å². The van der Waals surface area contributed by atoms with Crippen molar-refractivity contribution in [2.45, 2.75) is 117 Å². The molecule has 25 heavy (non-hydrogen) atoms. The van der Waals surface area contributed by atoms with Gasteiger partial charge < -0.3 is 15.0 Å². The number of hydrogen-bond acceptors (Lipinski definition) is 3. The van der Waals surface area contributed by atoms with E-state index in [2.05, 4.69) is 6.92 Å². The molecule has 0 amide bonds. The average Bonchev–Trinajstić information content (AvgIpc) is 2.50. The Bertz CT molecular complexity index is 279. The maximum Gasteiger partial charge on any atom is 1.00 e. The summed E-state index contributed by atoms with van der Waals surface area (Å²) in [5.41, 5.74) is 0. The van der Waals surface area contributed by atoms with Gasteiger partial charge in [0.25, 0.3) is 5.97 Å². The molecule has 0 spiro atoms. The molecule has 0 aliphatic heterocycles. The number of hydrogen-bond donors (Lipinski definition) is 1. The maximum absolute atomic E-state index is 10.2. The first-order valence-corrected chi connectivity index (χ1v) is 9.90. The number of unbranched alkanes of at least 4 members (excludes halogenated alkanes) is 14. The van der Waals surface area contributed by atoms with E-state index >= 15 is 0 Å². The van der Waals surface area contributed by atoms with Crippen LogP contribution >= 0.6 is 0 Å². The molecule has 4 nitrogen and oxygen atoms in total. The van der Waals surface area contributed by atoms with Crippen molar-refractivity contribution in [3.63, 3.8) is 0 Å². The summed E-state index contributed by atoms with van der Waals surface area (Å²) < 4.78 is 0. The van der Waals surface area contributed by atoms with E-state index in [9.17, 15) is 9.90 Å². The van der Waals surface area contributed by atoms with E-state index in [4.69, 9.17) is 9.90 Å². The second-order valence-corrected chi connectivity index (χ2v) is 6.59. The summed E-state index contributed by atoms with van der Waals surface area (Å²) in [5, 5.41) is 17.6. The predicted molar refractivity (Wildman–Crippen MR) is 97.9 cm³/mol. The standard InChI is InChI=1S/C18H36O2.C2H4O2.K/c1-2-3-4-5-6-7-8-9-10-11-12-13-14-15-16-17-18(19)20;1-2(3)4;/h2-17H2,1H3,(H,19,20);1H3,(H,3,4);/q;;+1/p-1. The Morgan fingerprint density at radius 2 is 0.920 bits per heavy atom. The third kappa shape index (κ3) is 40.5. The van der Waals surface area contributed by atoms with Crippen molar-refractivity contribution in [2.75, 3.05) is 0 Å². The monoisotopic (exact) mass is 382 g/mol. The molecular formula is C20H39KO4. The van der Waals surface area contributed by atoms with Gasteiger partial charge in [-0.3, -0.25) is 4.79 Å². The van der Waals surface area contributed by atoms with Crippen LogP contribution in [0.25, 0.3) is 0 Å². The largest absolute Gasteiger partial charge is 1.00 e. The van der Waals surface area contributed by atoms with Gasteiger partial charge >= 0.3 is 51.4 Å². The summed E-state index contributed by atoms with van der Waals surface area (Å²) in [6, 6.07) is 0. The molecule has 0 atom stereocenters. The predicted octanol–water partition coefficient (Wildman–Crippen LogP) is 2.09. The number of carboxylic acids is 2. The first kappa shape index (κ1) is 30.3. The van der Waals surface area contributed by atoms with Crippen LogP contribution in [-0.4, -0.2) is 17.0 Å². The van der Waals surface area contributed by atoms with Crippen LogP contribution < -0.4 is 56.5 Å². The van der Waals surface area contributed by atoms with Gasteiger partial charge in [0.1, 0.15) is 0 Å². The van der Waals surface area contributed by atoms with Crippen molar-refractivity contribution in [2.24, 2.45) is 0 Å². The number of carbonyl (C=O) groups excluding carboxylic acids is 1. The molecule has 0 heterocycles. The van der Waals surface area contributed by atoms with Gasteiger partial charge in [-0.2, -0.15) is 0 Å². The third-order valence-electron chi connectivity index (χ3n) is 3.98. The zero-order valence-electron chi connectivity index (χ0n) is 17.0.